The highest BCUT2D eigenvalue weighted by Crippen LogP contribution is 2.21. The van der Waals surface area contributed by atoms with E-state index in [4.69, 9.17) is 4.74 Å². The fourth-order valence-corrected chi connectivity index (χ4v) is 5.80. The summed E-state index contributed by atoms with van der Waals surface area (Å²) in [5.74, 6) is 0.128. The third-order valence-corrected chi connectivity index (χ3v) is 7.61. The second-order valence-electron chi connectivity index (χ2n) is 8.16. The molecule has 156 valence electrons. The Morgan fingerprint density at radius 1 is 1.14 bits per heavy atom. The average Bonchev–Trinajstić information content (AvgIpc) is 2.63. The van der Waals surface area contributed by atoms with Crippen LogP contribution in [0, 0.1) is 13.8 Å². The Bertz CT molecular complexity index is 809. The number of piperazine rings is 1. The Balaban J connectivity index is 1.58. The molecule has 0 saturated carbocycles. The first-order valence-electron chi connectivity index (χ1n) is 10.0. The van der Waals surface area contributed by atoms with Crippen molar-refractivity contribution >= 4 is 15.9 Å². The van der Waals surface area contributed by atoms with Gasteiger partial charge in [0.05, 0.1) is 43.3 Å². The van der Waals surface area contributed by atoms with E-state index < -0.39 is 10.0 Å². The number of amides is 1. The van der Waals surface area contributed by atoms with Crippen LogP contribution in [0.2, 0.25) is 0 Å². The van der Waals surface area contributed by atoms with E-state index in [1.165, 1.54) is 0 Å². The van der Waals surface area contributed by atoms with Crippen LogP contribution < -0.4 is 4.90 Å². The Morgan fingerprint density at radius 3 is 2.36 bits per heavy atom. The van der Waals surface area contributed by atoms with Crippen molar-refractivity contribution in [1.29, 1.82) is 0 Å². The molecular weight excluding hydrogens is 378 g/mol. The Hall–Kier alpha value is -1.48. The summed E-state index contributed by atoms with van der Waals surface area (Å²) < 4.78 is 33.3. The minimum atomic E-state index is -3.49. The number of carbonyl (C=O) groups is 1. The Kier molecular flexibility index (Phi) is 6.44. The molecule has 0 spiro atoms. The Labute approximate surface area is 168 Å². The van der Waals surface area contributed by atoms with Gasteiger partial charge < -0.3 is 14.5 Å². The molecule has 3 rings (SSSR count). The molecule has 1 aromatic carbocycles. The summed E-state index contributed by atoms with van der Waals surface area (Å²) >= 11 is 0. The number of ether oxygens (including phenoxy) is 1. The molecule has 0 unspecified atom stereocenters. The summed E-state index contributed by atoms with van der Waals surface area (Å²) in [6.45, 7) is 11.5. The second kappa shape index (κ2) is 8.49. The smallest absolute Gasteiger partial charge is 0.277 e. The van der Waals surface area contributed by atoms with Crippen LogP contribution in [-0.4, -0.2) is 81.6 Å². The van der Waals surface area contributed by atoms with Crippen LogP contribution in [0.25, 0.3) is 0 Å². The van der Waals surface area contributed by atoms with E-state index in [9.17, 15) is 13.2 Å². The van der Waals surface area contributed by atoms with Crippen molar-refractivity contribution in [3.05, 3.63) is 29.3 Å². The molecule has 0 aromatic heterocycles. The molecule has 2 aliphatic heterocycles. The van der Waals surface area contributed by atoms with E-state index in [2.05, 4.69) is 0 Å². The van der Waals surface area contributed by atoms with Crippen LogP contribution in [0.3, 0.4) is 0 Å². The molecule has 2 fully saturated rings. The lowest BCUT2D eigenvalue weighted by molar-refractivity contribution is -0.896. The van der Waals surface area contributed by atoms with Crippen LogP contribution in [-0.2, 0) is 19.6 Å². The largest absolute Gasteiger partial charge is 0.372 e. The van der Waals surface area contributed by atoms with E-state index >= 15 is 0 Å². The lowest BCUT2D eigenvalue weighted by atomic mass is 10.2. The lowest BCUT2D eigenvalue weighted by Crippen LogP contribution is -3.15. The number of aryl methyl sites for hydroxylation is 2. The first kappa shape index (κ1) is 21.2. The molecule has 2 heterocycles. The molecule has 2 atom stereocenters. The van der Waals surface area contributed by atoms with E-state index in [1.807, 2.05) is 44.7 Å². The first-order chi connectivity index (χ1) is 13.2. The van der Waals surface area contributed by atoms with Crippen molar-refractivity contribution in [1.82, 2.24) is 9.21 Å². The van der Waals surface area contributed by atoms with Crippen molar-refractivity contribution in [2.75, 3.05) is 45.8 Å². The van der Waals surface area contributed by atoms with Crippen molar-refractivity contribution < 1.29 is 22.8 Å². The molecule has 7 nitrogen and oxygen atoms in total. The SMILES string of the molecule is Cc1ccc(C)c(S(=O)(=O)N2CC[NH+](CC(=O)N3C[C@H](C)O[C@@H](C)C3)CC2)c1. The van der Waals surface area contributed by atoms with E-state index in [1.54, 1.807) is 10.4 Å². The standard InChI is InChI=1S/C20H31N3O4S/c1-15-5-6-16(2)19(11-15)28(25,26)23-9-7-21(8-10-23)14-20(24)22-12-17(3)27-18(4)13-22/h5-6,11,17-18H,7-10,12-14H2,1-4H3/p+1/t17-,18-/m0/s1. The molecule has 1 aromatic rings. The van der Waals surface area contributed by atoms with Gasteiger partial charge in [-0.25, -0.2) is 8.42 Å². The van der Waals surface area contributed by atoms with Gasteiger partial charge in [0.2, 0.25) is 10.0 Å². The molecule has 2 aliphatic rings. The fourth-order valence-electron chi connectivity index (χ4n) is 4.05. The van der Waals surface area contributed by atoms with Gasteiger partial charge in [-0.05, 0) is 44.9 Å². The highest BCUT2D eigenvalue weighted by Gasteiger charge is 2.34. The topological polar surface area (TPSA) is 71.4 Å². The second-order valence-corrected chi connectivity index (χ2v) is 10.1. The van der Waals surface area contributed by atoms with Gasteiger partial charge in [-0.1, -0.05) is 12.1 Å². The van der Waals surface area contributed by atoms with Gasteiger partial charge in [-0.15, -0.1) is 0 Å². The summed E-state index contributed by atoms with van der Waals surface area (Å²) in [6, 6.07) is 5.52. The van der Waals surface area contributed by atoms with Gasteiger partial charge >= 0.3 is 0 Å². The number of sulfonamides is 1. The summed E-state index contributed by atoms with van der Waals surface area (Å²) in [4.78, 5) is 16.1. The van der Waals surface area contributed by atoms with Gasteiger partial charge in [-0.3, -0.25) is 4.79 Å². The number of benzene rings is 1. The summed E-state index contributed by atoms with van der Waals surface area (Å²) in [5.41, 5.74) is 1.71. The van der Waals surface area contributed by atoms with Crippen molar-refractivity contribution in [3.63, 3.8) is 0 Å². The third kappa shape index (κ3) is 4.74. The van der Waals surface area contributed by atoms with Crippen LogP contribution >= 0.6 is 0 Å². The monoisotopic (exact) mass is 410 g/mol. The summed E-state index contributed by atoms with van der Waals surface area (Å²) in [6.07, 6.45) is 0.115. The van der Waals surface area contributed by atoms with Crippen LogP contribution in [0.4, 0.5) is 0 Å². The van der Waals surface area contributed by atoms with Crippen molar-refractivity contribution in [2.24, 2.45) is 0 Å². The first-order valence-corrected chi connectivity index (χ1v) is 11.4. The molecule has 0 radical (unpaired) electrons. The zero-order chi connectivity index (χ0) is 20.5. The number of nitrogens with one attached hydrogen (secondary N) is 1. The normalized spacial score (nSPS) is 25.1. The zero-order valence-electron chi connectivity index (χ0n) is 17.3. The maximum Gasteiger partial charge on any atom is 0.277 e. The predicted octanol–water partition coefficient (Wildman–Crippen LogP) is -0.172. The highest BCUT2D eigenvalue weighted by atomic mass is 32.2. The van der Waals surface area contributed by atoms with Crippen molar-refractivity contribution in [3.8, 4) is 0 Å². The summed E-state index contributed by atoms with van der Waals surface area (Å²) in [5, 5.41) is 0. The van der Waals surface area contributed by atoms with Crippen LogP contribution in [0.5, 0.6) is 0 Å². The molecule has 8 heteroatoms. The number of morpholine rings is 1. The number of rotatable bonds is 4. The molecule has 0 aliphatic carbocycles. The van der Waals surface area contributed by atoms with Gasteiger partial charge in [0, 0.05) is 13.1 Å². The van der Waals surface area contributed by atoms with Gasteiger partial charge in [0.25, 0.3) is 5.91 Å². The number of quaternary nitrogens is 1. The maximum absolute atomic E-state index is 13.0. The molecule has 28 heavy (non-hydrogen) atoms. The summed E-state index contributed by atoms with van der Waals surface area (Å²) in [7, 11) is -3.49. The quantitative estimate of drug-likeness (QED) is 0.748. The highest BCUT2D eigenvalue weighted by molar-refractivity contribution is 7.89. The molecule has 0 bridgehead atoms. The number of hydrogen-bond donors (Lipinski definition) is 1. The zero-order valence-corrected chi connectivity index (χ0v) is 18.1. The number of nitrogens with zero attached hydrogens (tertiary/aromatic N) is 2. The third-order valence-electron chi connectivity index (χ3n) is 5.56. The minimum Gasteiger partial charge on any atom is -0.372 e. The Morgan fingerprint density at radius 2 is 1.75 bits per heavy atom. The van der Waals surface area contributed by atoms with Crippen LogP contribution in [0.15, 0.2) is 23.1 Å². The number of carbonyl (C=O) groups excluding carboxylic acids is 1. The lowest BCUT2D eigenvalue weighted by Gasteiger charge is -2.37. The molecular formula is C20H32N3O4S+. The van der Waals surface area contributed by atoms with E-state index in [0.29, 0.717) is 50.7 Å². The number of hydrogen-bond acceptors (Lipinski definition) is 4. The van der Waals surface area contributed by atoms with Gasteiger partial charge in [-0.2, -0.15) is 4.31 Å². The van der Waals surface area contributed by atoms with Gasteiger partial charge in [0.15, 0.2) is 6.54 Å². The average molecular weight is 411 g/mol. The van der Waals surface area contributed by atoms with Crippen molar-refractivity contribution in [2.45, 2.75) is 44.8 Å². The van der Waals surface area contributed by atoms with E-state index in [0.717, 1.165) is 16.0 Å². The fraction of sp³-hybridized carbons (Fsp3) is 0.650. The molecule has 1 N–H and O–H groups in total. The molecule has 2 saturated heterocycles. The van der Waals surface area contributed by atoms with E-state index in [-0.39, 0.29) is 18.1 Å². The van der Waals surface area contributed by atoms with Gasteiger partial charge in [0.1, 0.15) is 0 Å². The maximum atomic E-state index is 13.0. The predicted molar refractivity (Wildman–Crippen MR) is 107 cm³/mol. The molecule has 1 amide bonds. The minimum absolute atomic E-state index is 0.0576. The van der Waals surface area contributed by atoms with Crippen LogP contribution in [0.1, 0.15) is 25.0 Å².